The monoisotopic (exact) mass is 365 g/mol. The van der Waals surface area contributed by atoms with Crippen molar-refractivity contribution in [2.75, 3.05) is 5.32 Å². The maximum Gasteiger partial charge on any atom is 0.213 e. The predicted octanol–water partition coefficient (Wildman–Crippen LogP) is 4.60. The summed E-state index contributed by atoms with van der Waals surface area (Å²) in [5.74, 6) is -1.69. The third-order valence-electron chi connectivity index (χ3n) is 4.71. The second-order valence-corrected chi connectivity index (χ2v) is 6.74. The molecule has 140 valence electrons. The molecule has 0 aliphatic heterocycles. The lowest BCUT2D eigenvalue weighted by molar-refractivity contribution is 0.0980. The number of hydrogen-bond donors (Lipinski definition) is 3. The number of anilines is 1. The quantitative estimate of drug-likeness (QED) is 0.493. The highest BCUT2D eigenvalue weighted by Gasteiger charge is 2.31. The Labute approximate surface area is 158 Å². The van der Waals surface area contributed by atoms with Gasteiger partial charge < -0.3 is 15.5 Å². The van der Waals surface area contributed by atoms with Gasteiger partial charge in [-0.3, -0.25) is 9.59 Å². The van der Waals surface area contributed by atoms with Gasteiger partial charge in [0.2, 0.25) is 5.78 Å². The summed E-state index contributed by atoms with van der Waals surface area (Å²) in [6.07, 6.45) is 6.99. The van der Waals surface area contributed by atoms with E-state index in [4.69, 9.17) is 0 Å². The first-order chi connectivity index (χ1) is 13.0. The van der Waals surface area contributed by atoms with Crippen molar-refractivity contribution in [1.29, 1.82) is 0 Å². The maximum atomic E-state index is 12.7. The number of carbonyl (C=O) groups is 2. The van der Waals surface area contributed by atoms with Gasteiger partial charge in [-0.05, 0) is 42.7 Å². The predicted molar refractivity (Wildman–Crippen MR) is 104 cm³/mol. The molecule has 5 heteroatoms. The molecule has 0 saturated heterocycles. The molecule has 0 spiro atoms. The van der Waals surface area contributed by atoms with Crippen molar-refractivity contribution in [2.24, 2.45) is 0 Å². The second-order valence-electron chi connectivity index (χ2n) is 6.74. The number of hydrogen-bond acceptors (Lipinski definition) is 5. The van der Waals surface area contributed by atoms with Crippen LogP contribution in [-0.2, 0) is 6.42 Å². The van der Waals surface area contributed by atoms with E-state index in [2.05, 4.69) is 12.2 Å². The standard InChI is InChI=1S/C22H23NO4/c1-2-3-4-5-6-14-7-9-15(10-8-14)23-16-13-19(26)20-17(24)11-12-18(25)21(20)22(16)27/h7-13,23-25H,2-6H2,1H3. The number of allylic oxidation sites excluding steroid dienone is 2. The Hall–Kier alpha value is -3.08. The van der Waals surface area contributed by atoms with Gasteiger partial charge in [-0.1, -0.05) is 38.3 Å². The lowest BCUT2D eigenvalue weighted by Crippen LogP contribution is -2.21. The molecule has 1 aliphatic rings. The second kappa shape index (κ2) is 8.08. The summed E-state index contributed by atoms with van der Waals surface area (Å²) < 4.78 is 0. The Morgan fingerprint density at radius 3 is 2.19 bits per heavy atom. The van der Waals surface area contributed by atoms with E-state index in [9.17, 15) is 19.8 Å². The van der Waals surface area contributed by atoms with Crippen LogP contribution in [0.15, 0.2) is 48.2 Å². The third kappa shape index (κ3) is 4.03. The average molecular weight is 365 g/mol. The van der Waals surface area contributed by atoms with Crippen LogP contribution in [0.2, 0.25) is 0 Å². The number of phenolic OH excluding ortho intramolecular Hbond substituents is 2. The van der Waals surface area contributed by atoms with Gasteiger partial charge in [0.15, 0.2) is 5.78 Å². The molecule has 1 aliphatic carbocycles. The molecule has 27 heavy (non-hydrogen) atoms. The highest BCUT2D eigenvalue weighted by atomic mass is 16.3. The number of rotatable bonds is 7. The number of ketones is 2. The molecule has 0 saturated carbocycles. The van der Waals surface area contributed by atoms with Crippen LogP contribution in [0.1, 0.15) is 58.9 Å². The molecule has 3 N–H and O–H groups in total. The first kappa shape index (κ1) is 18.7. The Bertz CT molecular complexity index is 897. The van der Waals surface area contributed by atoms with Gasteiger partial charge in [-0.2, -0.15) is 0 Å². The summed E-state index contributed by atoms with van der Waals surface area (Å²) in [6, 6.07) is 10.1. The number of fused-ring (bicyclic) bond motifs is 1. The van der Waals surface area contributed by atoms with E-state index in [1.165, 1.54) is 37.0 Å². The van der Waals surface area contributed by atoms with Crippen LogP contribution in [0, 0.1) is 0 Å². The largest absolute Gasteiger partial charge is 0.507 e. The van der Waals surface area contributed by atoms with Crippen LogP contribution in [0.4, 0.5) is 5.69 Å². The maximum absolute atomic E-state index is 12.7. The van der Waals surface area contributed by atoms with Gasteiger partial charge in [-0.15, -0.1) is 0 Å². The average Bonchev–Trinajstić information content (AvgIpc) is 2.66. The van der Waals surface area contributed by atoms with Crippen molar-refractivity contribution in [3.63, 3.8) is 0 Å². The van der Waals surface area contributed by atoms with Gasteiger partial charge in [0.1, 0.15) is 11.5 Å². The minimum absolute atomic E-state index is 0.0732. The Morgan fingerprint density at radius 1 is 0.852 bits per heavy atom. The third-order valence-corrected chi connectivity index (χ3v) is 4.71. The van der Waals surface area contributed by atoms with Crippen LogP contribution >= 0.6 is 0 Å². The van der Waals surface area contributed by atoms with Gasteiger partial charge in [0, 0.05) is 11.8 Å². The first-order valence-electron chi connectivity index (χ1n) is 9.23. The molecule has 0 atom stereocenters. The fourth-order valence-corrected chi connectivity index (χ4v) is 3.22. The number of carbonyl (C=O) groups excluding carboxylic acids is 2. The summed E-state index contributed by atoms with van der Waals surface area (Å²) >= 11 is 0. The summed E-state index contributed by atoms with van der Waals surface area (Å²) in [4.78, 5) is 24.9. The molecule has 0 bridgehead atoms. The summed E-state index contributed by atoms with van der Waals surface area (Å²) in [5.41, 5.74) is 1.65. The summed E-state index contributed by atoms with van der Waals surface area (Å²) in [5, 5.41) is 22.8. The number of aromatic hydroxyl groups is 2. The summed E-state index contributed by atoms with van der Waals surface area (Å²) in [7, 11) is 0. The van der Waals surface area contributed by atoms with Crippen molar-refractivity contribution < 1.29 is 19.8 Å². The normalized spacial score (nSPS) is 13.3. The van der Waals surface area contributed by atoms with Gasteiger partial charge in [0.25, 0.3) is 0 Å². The van der Waals surface area contributed by atoms with Crippen LogP contribution in [0.3, 0.4) is 0 Å². The molecule has 0 aromatic heterocycles. The SMILES string of the molecule is CCCCCCc1ccc(NC2=CC(=O)c3c(O)ccc(O)c3C2=O)cc1. The van der Waals surface area contributed by atoms with Crippen molar-refractivity contribution in [1.82, 2.24) is 0 Å². The van der Waals surface area contributed by atoms with Crippen LogP contribution < -0.4 is 5.32 Å². The van der Waals surface area contributed by atoms with E-state index >= 15 is 0 Å². The number of nitrogens with one attached hydrogen (secondary N) is 1. The lowest BCUT2D eigenvalue weighted by Gasteiger charge is -2.18. The number of phenols is 2. The molecular formula is C22H23NO4. The van der Waals surface area contributed by atoms with Crippen LogP contribution in [0.25, 0.3) is 0 Å². The minimum Gasteiger partial charge on any atom is -0.507 e. The van der Waals surface area contributed by atoms with Gasteiger partial charge in [0.05, 0.1) is 16.8 Å². The van der Waals surface area contributed by atoms with Crippen LogP contribution in [0.5, 0.6) is 11.5 Å². The van der Waals surface area contributed by atoms with Crippen molar-refractivity contribution in [3.8, 4) is 11.5 Å². The molecule has 0 unspecified atom stereocenters. The topological polar surface area (TPSA) is 86.6 Å². The zero-order valence-electron chi connectivity index (χ0n) is 15.3. The van der Waals surface area contributed by atoms with E-state index in [1.54, 1.807) is 0 Å². The molecule has 2 aromatic carbocycles. The number of benzene rings is 2. The Kier molecular flexibility index (Phi) is 5.60. The van der Waals surface area contributed by atoms with Gasteiger partial charge >= 0.3 is 0 Å². The van der Waals surface area contributed by atoms with Crippen molar-refractivity contribution in [2.45, 2.75) is 39.0 Å². The Balaban J connectivity index is 1.74. The zero-order chi connectivity index (χ0) is 19.4. The first-order valence-corrected chi connectivity index (χ1v) is 9.23. The van der Waals surface area contributed by atoms with Gasteiger partial charge in [-0.25, -0.2) is 0 Å². The number of aryl methyl sites for hydroxylation is 1. The van der Waals surface area contributed by atoms with E-state index in [1.807, 2.05) is 24.3 Å². The minimum atomic E-state index is -0.526. The molecule has 5 nitrogen and oxygen atoms in total. The fraction of sp³-hybridized carbons (Fsp3) is 0.273. The zero-order valence-corrected chi connectivity index (χ0v) is 15.3. The highest BCUT2D eigenvalue weighted by molar-refractivity contribution is 6.27. The smallest absolute Gasteiger partial charge is 0.213 e. The lowest BCUT2D eigenvalue weighted by atomic mass is 9.91. The molecule has 0 amide bonds. The van der Waals surface area contributed by atoms with E-state index < -0.39 is 11.6 Å². The molecule has 2 aromatic rings. The van der Waals surface area contributed by atoms with Crippen molar-refractivity contribution >= 4 is 17.3 Å². The molecule has 0 heterocycles. The Morgan fingerprint density at radius 2 is 1.52 bits per heavy atom. The molecule has 3 rings (SSSR count). The molecular weight excluding hydrogens is 342 g/mol. The van der Waals surface area contributed by atoms with E-state index in [-0.39, 0.29) is 28.3 Å². The van der Waals surface area contributed by atoms with E-state index in [0.29, 0.717) is 5.69 Å². The molecule has 0 radical (unpaired) electrons. The van der Waals surface area contributed by atoms with E-state index in [0.717, 1.165) is 18.9 Å². The highest BCUT2D eigenvalue weighted by Crippen LogP contribution is 2.34. The van der Waals surface area contributed by atoms with Crippen molar-refractivity contribution in [3.05, 3.63) is 64.9 Å². The number of unbranched alkanes of at least 4 members (excludes halogenated alkanes) is 3. The van der Waals surface area contributed by atoms with Crippen LogP contribution in [-0.4, -0.2) is 21.8 Å². The number of Topliss-reactive ketones (excluding diaryl/α,β-unsaturated/α-hetero) is 1. The summed E-state index contributed by atoms with van der Waals surface area (Å²) in [6.45, 7) is 2.19. The fourth-order valence-electron chi connectivity index (χ4n) is 3.22. The molecule has 0 fully saturated rings.